The van der Waals surface area contributed by atoms with E-state index < -0.39 is 0 Å². The Balaban J connectivity index is 2.02. The molecule has 0 spiro atoms. The molecule has 3 N–H and O–H groups in total. The van der Waals surface area contributed by atoms with Crippen molar-refractivity contribution in [3.8, 4) is 0 Å². The van der Waals surface area contributed by atoms with E-state index in [4.69, 9.17) is 29.6 Å². The number of halogens is 2. The summed E-state index contributed by atoms with van der Waals surface area (Å²) in [6, 6.07) is 12.5. The van der Waals surface area contributed by atoms with Gasteiger partial charge in [0, 0.05) is 21.6 Å². The number of thiocarbonyl (C=S) groups is 1. The fourth-order valence-electron chi connectivity index (χ4n) is 1.74. The molecule has 0 aliphatic heterocycles. The van der Waals surface area contributed by atoms with Crippen molar-refractivity contribution >= 4 is 50.6 Å². The van der Waals surface area contributed by atoms with Crippen molar-refractivity contribution < 1.29 is 4.79 Å². The number of hydrogen-bond acceptors (Lipinski definition) is 2. The van der Waals surface area contributed by atoms with Crippen LogP contribution in [0.3, 0.4) is 0 Å². The van der Waals surface area contributed by atoms with Gasteiger partial charge in [-0.2, -0.15) is 0 Å². The van der Waals surface area contributed by atoms with Crippen molar-refractivity contribution in [2.24, 2.45) is 5.73 Å². The van der Waals surface area contributed by atoms with Crippen LogP contribution in [0, 0.1) is 0 Å². The minimum atomic E-state index is -0.169. The number of benzene rings is 2. The van der Waals surface area contributed by atoms with E-state index in [1.165, 1.54) is 0 Å². The van der Waals surface area contributed by atoms with Crippen molar-refractivity contribution in [1.82, 2.24) is 5.32 Å². The maximum Gasteiger partial charge on any atom is 0.252 e. The number of nitrogens with two attached hydrogens (primary N) is 1. The van der Waals surface area contributed by atoms with E-state index in [0.717, 1.165) is 11.1 Å². The summed E-state index contributed by atoms with van der Waals surface area (Å²) < 4.78 is 0.663. The van der Waals surface area contributed by atoms with Crippen molar-refractivity contribution in [3.05, 3.63) is 68.7 Å². The van der Waals surface area contributed by atoms with Gasteiger partial charge >= 0.3 is 0 Å². The summed E-state index contributed by atoms with van der Waals surface area (Å²) in [7, 11) is 0. The third-order valence-corrected chi connectivity index (χ3v) is 3.99. The summed E-state index contributed by atoms with van der Waals surface area (Å²) >= 11 is 14.1. The molecular formula is C15H12BrClN2OS. The highest BCUT2D eigenvalue weighted by Crippen LogP contribution is 2.21. The van der Waals surface area contributed by atoms with Crippen LogP contribution in [-0.2, 0) is 6.54 Å². The van der Waals surface area contributed by atoms with E-state index in [9.17, 15) is 4.79 Å². The average molecular weight is 384 g/mol. The van der Waals surface area contributed by atoms with E-state index in [1.807, 2.05) is 24.3 Å². The summed E-state index contributed by atoms with van der Waals surface area (Å²) in [6.45, 7) is 0.422. The SMILES string of the molecule is NC(=S)c1ccc(CNC(=O)c2ccc(Cl)cc2Br)cc1. The summed E-state index contributed by atoms with van der Waals surface area (Å²) in [4.78, 5) is 12.5. The average Bonchev–Trinajstić information content (AvgIpc) is 2.45. The van der Waals surface area contributed by atoms with Gasteiger partial charge in [-0.15, -0.1) is 0 Å². The van der Waals surface area contributed by atoms with E-state index in [-0.39, 0.29) is 5.91 Å². The zero-order valence-corrected chi connectivity index (χ0v) is 14.1. The highest BCUT2D eigenvalue weighted by atomic mass is 79.9. The van der Waals surface area contributed by atoms with Gasteiger partial charge in [-0.05, 0) is 39.7 Å². The second kappa shape index (κ2) is 7.02. The minimum Gasteiger partial charge on any atom is -0.389 e. The lowest BCUT2D eigenvalue weighted by atomic mass is 10.1. The van der Waals surface area contributed by atoms with Crippen molar-refractivity contribution in [3.63, 3.8) is 0 Å². The van der Waals surface area contributed by atoms with Crippen LogP contribution >= 0.6 is 39.7 Å². The van der Waals surface area contributed by atoms with Gasteiger partial charge in [0.15, 0.2) is 0 Å². The summed E-state index contributed by atoms with van der Waals surface area (Å²) in [5.41, 5.74) is 7.85. The predicted octanol–water partition coefficient (Wildman–Crippen LogP) is 3.67. The topological polar surface area (TPSA) is 55.1 Å². The van der Waals surface area contributed by atoms with Crippen LogP contribution < -0.4 is 11.1 Å². The van der Waals surface area contributed by atoms with Crippen LogP contribution in [0.4, 0.5) is 0 Å². The lowest BCUT2D eigenvalue weighted by Crippen LogP contribution is -2.23. The molecular weight excluding hydrogens is 372 g/mol. The molecule has 0 saturated carbocycles. The molecule has 0 aliphatic carbocycles. The fraction of sp³-hybridized carbons (Fsp3) is 0.0667. The standard InChI is InChI=1S/C15H12BrClN2OS/c16-13-7-11(17)5-6-12(13)15(20)19-8-9-1-3-10(4-2-9)14(18)21/h1-7H,8H2,(H2,18,21)(H,19,20). The number of carbonyl (C=O) groups is 1. The zero-order chi connectivity index (χ0) is 15.4. The Morgan fingerprint density at radius 3 is 2.48 bits per heavy atom. The van der Waals surface area contributed by atoms with Crippen LogP contribution in [0.15, 0.2) is 46.9 Å². The van der Waals surface area contributed by atoms with Crippen molar-refractivity contribution in [1.29, 1.82) is 0 Å². The zero-order valence-electron chi connectivity index (χ0n) is 10.9. The van der Waals surface area contributed by atoms with Gasteiger partial charge in [0.1, 0.15) is 4.99 Å². The molecule has 2 rings (SSSR count). The minimum absolute atomic E-state index is 0.169. The van der Waals surface area contributed by atoms with Gasteiger partial charge in [-0.25, -0.2) is 0 Å². The van der Waals surface area contributed by atoms with E-state index in [0.29, 0.717) is 26.6 Å². The summed E-state index contributed by atoms with van der Waals surface area (Å²) in [5, 5.41) is 3.42. The molecule has 0 fully saturated rings. The molecule has 6 heteroatoms. The largest absolute Gasteiger partial charge is 0.389 e. The molecule has 3 nitrogen and oxygen atoms in total. The van der Waals surface area contributed by atoms with Crippen LogP contribution in [0.25, 0.3) is 0 Å². The maximum absolute atomic E-state index is 12.1. The molecule has 0 atom stereocenters. The summed E-state index contributed by atoms with van der Waals surface area (Å²) in [5.74, 6) is -0.169. The third-order valence-electron chi connectivity index (χ3n) is 2.87. The second-order valence-corrected chi connectivity index (χ2v) is 6.10. The highest BCUT2D eigenvalue weighted by molar-refractivity contribution is 9.10. The Hall–Kier alpha value is -1.43. The van der Waals surface area contributed by atoms with E-state index in [1.54, 1.807) is 18.2 Å². The molecule has 0 bridgehead atoms. The lowest BCUT2D eigenvalue weighted by molar-refractivity contribution is 0.0950. The van der Waals surface area contributed by atoms with Gasteiger partial charge in [0.2, 0.25) is 0 Å². The van der Waals surface area contributed by atoms with Crippen LogP contribution in [0.5, 0.6) is 0 Å². The Kier molecular flexibility index (Phi) is 5.33. The Morgan fingerprint density at radius 1 is 1.24 bits per heavy atom. The monoisotopic (exact) mass is 382 g/mol. The number of nitrogens with one attached hydrogen (secondary N) is 1. The normalized spacial score (nSPS) is 10.2. The predicted molar refractivity (Wildman–Crippen MR) is 92.7 cm³/mol. The van der Waals surface area contributed by atoms with Gasteiger partial charge in [0.25, 0.3) is 5.91 Å². The molecule has 2 aromatic rings. The molecule has 0 unspecified atom stereocenters. The maximum atomic E-state index is 12.1. The molecule has 0 aromatic heterocycles. The van der Waals surface area contributed by atoms with Crippen molar-refractivity contribution in [2.45, 2.75) is 6.54 Å². The van der Waals surface area contributed by atoms with Crippen LogP contribution in [0.1, 0.15) is 21.5 Å². The molecule has 0 aliphatic rings. The molecule has 1 amide bonds. The molecule has 0 heterocycles. The first-order chi connectivity index (χ1) is 9.97. The Labute approximate surface area is 141 Å². The number of rotatable bonds is 4. The second-order valence-electron chi connectivity index (χ2n) is 4.37. The number of amides is 1. The van der Waals surface area contributed by atoms with Gasteiger partial charge in [0.05, 0.1) is 5.56 Å². The lowest BCUT2D eigenvalue weighted by Gasteiger charge is -2.08. The number of hydrogen-bond donors (Lipinski definition) is 2. The van der Waals surface area contributed by atoms with Gasteiger partial charge in [-0.1, -0.05) is 48.1 Å². The van der Waals surface area contributed by atoms with Gasteiger partial charge < -0.3 is 11.1 Å². The van der Waals surface area contributed by atoms with Crippen LogP contribution in [-0.4, -0.2) is 10.9 Å². The Morgan fingerprint density at radius 2 is 1.90 bits per heavy atom. The highest BCUT2D eigenvalue weighted by Gasteiger charge is 2.10. The van der Waals surface area contributed by atoms with E-state index >= 15 is 0 Å². The first-order valence-corrected chi connectivity index (χ1v) is 7.67. The molecule has 108 valence electrons. The van der Waals surface area contributed by atoms with E-state index in [2.05, 4.69) is 21.2 Å². The molecule has 2 aromatic carbocycles. The van der Waals surface area contributed by atoms with Crippen LogP contribution in [0.2, 0.25) is 5.02 Å². The first kappa shape index (κ1) is 15.9. The summed E-state index contributed by atoms with van der Waals surface area (Å²) in [6.07, 6.45) is 0. The smallest absolute Gasteiger partial charge is 0.252 e. The third kappa shape index (κ3) is 4.27. The molecule has 0 saturated heterocycles. The quantitative estimate of drug-likeness (QED) is 0.792. The number of carbonyl (C=O) groups excluding carboxylic acids is 1. The van der Waals surface area contributed by atoms with Crippen molar-refractivity contribution in [2.75, 3.05) is 0 Å². The molecule has 21 heavy (non-hydrogen) atoms. The molecule has 0 radical (unpaired) electrons. The first-order valence-electron chi connectivity index (χ1n) is 6.09. The Bertz CT molecular complexity index is 689. The fourth-order valence-corrected chi connectivity index (χ4v) is 2.74. The van der Waals surface area contributed by atoms with Gasteiger partial charge in [-0.3, -0.25) is 4.79 Å².